The first-order valence-corrected chi connectivity index (χ1v) is 8.37. The second kappa shape index (κ2) is 7.63. The molecule has 0 spiro atoms. The maximum absolute atomic E-state index is 12.1. The number of sulfonamides is 1. The van der Waals surface area contributed by atoms with Gasteiger partial charge in [-0.25, -0.2) is 12.7 Å². The van der Waals surface area contributed by atoms with Crippen LogP contribution in [0, 0.1) is 12.8 Å². The van der Waals surface area contributed by atoms with E-state index >= 15 is 0 Å². The third kappa shape index (κ3) is 4.24. The molecule has 1 aliphatic heterocycles. The normalized spacial score (nSPS) is 21.3. The number of hydrogen-bond acceptors (Lipinski definition) is 6. The number of aliphatic hydroxyl groups is 1. The molecule has 2 rings (SSSR count). The molecule has 23 heavy (non-hydrogen) atoms. The summed E-state index contributed by atoms with van der Waals surface area (Å²) in [6.07, 6.45) is -0.497. The number of nitrogens with one attached hydrogen (secondary N) is 2. The van der Waals surface area contributed by atoms with Crippen molar-refractivity contribution in [3.63, 3.8) is 0 Å². The molecule has 1 aliphatic rings. The molecule has 0 radical (unpaired) electrons. The standard InChI is InChI=1S/C13H21N3O5S.ClH/c1-8-12(22(19,20)16(2)3)4-11(21-8)13(18)15-6-9-5-14-7-10(9)17;/h4,9-10,14,17H,5-7H2,1-3H3,(H,15,18);1H. The number of β-amino-alcohol motifs (C(OH)–C–C–N with tert-alkyl or cyclic N) is 1. The summed E-state index contributed by atoms with van der Waals surface area (Å²) in [6, 6.07) is 1.23. The van der Waals surface area contributed by atoms with Crippen LogP contribution in [0.2, 0.25) is 0 Å². The molecule has 2 heterocycles. The number of aliphatic hydroxyl groups excluding tert-OH is 1. The summed E-state index contributed by atoms with van der Waals surface area (Å²) in [5.74, 6) is -0.452. The van der Waals surface area contributed by atoms with Crippen molar-refractivity contribution in [2.75, 3.05) is 33.7 Å². The zero-order chi connectivity index (χ0) is 16.5. The van der Waals surface area contributed by atoms with Crippen LogP contribution < -0.4 is 10.6 Å². The van der Waals surface area contributed by atoms with Crippen LogP contribution in [-0.4, -0.2) is 63.6 Å². The Morgan fingerprint density at radius 3 is 2.65 bits per heavy atom. The minimum atomic E-state index is -3.65. The maximum Gasteiger partial charge on any atom is 0.287 e. The number of halogens is 1. The van der Waals surface area contributed by atoms with Crippen LogP contribution in [0.25, 0.3) is 0 Å². The van der Waals surface area contributed by atoms with Gasteiger partial charge in [0.25, 0.3) is 5.91 Å². The molecule has 1 aromatic heterocycles. The molecule has 1 saturated heterocycles. The Hall–Kier alpha value is -1.13. The van der Waals surface area contributed by atoms with E-state index < -0.39 is 22.0 Å². The van der Waals surface area contributed by atoms with Gasteiger partial charge in [0.15, 0.2) is 5.76 Å². The minimum absolute atomic E-state index is 0. The van der Waals surface area contributed by atoms with E-state index in [1.54, 1.807) is 0 Å². The Morgan fingerprint density at radius 1 is 1.48 bits per heavy atom. The van der Waals surface area contributed by atoms with E-state index in [0.29, 0.717) is 19.6 Å². The monoisotopic (exact) mass is 367 g/mol. The smallest absolute Gasteiger partial charge is 0.287 e. The van der Waals surface area contributed by atoms with E-state index in [1.807, 2.05) is 0 Å². The summed E-state index contributed by atoms with van der Waals surface area (Å²) in [7, 11) is -0.825. The summed E-state index contributed by atoms with van der Waals surface area (Å²) < 4.78 is 30.5. The highest BCUT2D eigenvalue weighted by Gasteiger charge is 2.28. The van der Waals surface area contributed by atoms with Crippen molar-refractivity contribution in [2.45, 2.75) is 17.9 Å². The largest absolute Gasteiger partial charge is 0.455 e. The molecule has 1 aromatic rings. The van der Waals surface area contributed by atoms with Gasteiger partial charge in [-0.15, -0.1) is 12.4 Å². The van der Waals surface area contributed by atoms with Crippen LogP contribution in [0.3, 0.4) is 0 Å². The first-order chi connectivity index (χ1) is 10.2. The molecule has 1 amide bonds. The van der Waals surface area contributed by atoms with Crippen LogP contribution in [0.15, 0.2) is 15.4 Å². The SMILES string of the molecule is Cc1oc(C(=O)NCC2CNCC2O)cc1S(=O)(=O)N(C)C.Cl. The molecule has 8 nitrogen and oxygen atoms in total. The Balaban J connectivity index is 0.00000264. The van der Waals surface area contributed by atoms with Crippen molar-refractivity contribution in [2.24, 2.45) is 5.92 Å². The molecule has 0 bridgehead atoms. The minimum Gasteiger partial charge on any atom is -0.455 e. The van der Waals surface area contributed by atoms with Crippen LogP contribution in [0.1, 0.15) is 16.3 Å². The lowest BCUT2D eigenvalue weighted by atomic mass is 10.1. The summed E-state index contributed by atoms with van der Waals surface area (Å²) in [6.45, 7) is 2.92. The molecule has 2 atom stereocenters. The van der Waals surface area contributed by atoms with Gasteiger partial charge in [0, 0.05) is 45.7 Å². The van der Waals surface area contributed by atoms with Crippen LogP contribution in [0.5, 0.6) is 0 Å². The van der Waals surface area contributed by atoms with Crippen molar-refractivity contribution in [3.05, 3.63) is 17.6 Å². The van der Waals surface area contributed by atoms with E-state index in [2.05, 4.69) is 10.6 Å². The summed E-state index contributed by atoms with van der Waals surface area (Å²) in [5, 5.41) is 15.3. The molecule has 3 N–H and O–H groups in total. The molecule has 10 heteroatoms. The van der Waals surface area contributed by atoms with E-state index in [9.17, 15) is 18.3 Å². The second-order valence-corrected chi connectivity index (χ2v) is 7.63. The Kier molecular flexibility index (Phi) is 6.60. The molecular formula is C13H22ClN3O5S. The van der Waals surface area contributed by atoms with Gasteiger partial charge in [0.05, 0.1) is 6.10 Å². The number of nitrogens with zero attached hydrogens (tertiary/aromatic N) is 1. The van der Waals surface area contributed by atoms with Gasteiger partial charge in [0.1, 0.15) is 10.7 Å². The van der Waals surface area contributed by atoms with Crippen molar-refractivity contribution in [1.82, 2.24) is 14.9 Å². The molecule has 0 aromatic carbocycles. The molecular weight excluding hydrogens is 346 g/mol. The first kappa shape index (κ1) is 19.9. The van der Waals surface area contributed by atoms with Gasteiger partial charge in [-0.2, -0.15) is 0 Å². The lowest BCUT2D eigenvalue weighted by molar-refractivity contribution is 0.0898. The summed E-state index contributed by atoms with van der Waals surface area (Å²) in [4.78, 5) is 12.0. The van der Waals surface area contributed by atoms with Crippen molar-refractivity contribution >= 4 is 28.3 Å². The fourth-order valence-corrected chi connectivity index (χ4v) is 3.32. The summed E-state index contributed by atoms with van der Waals surface area (Å²) in [5.41, 5.74) is 0. The van der Waals surface area contributed by atoms with Gasteiger partial charge >= 0.3 is 0 Å². The van der Waals surface area contributed by atoms with E-state index in [4.69, 9.17) is 4.42 Å². The number of carbonyl (C=O) groups is 1. The highest BCUT2D eigenvalue weighted by Crippen LogP contribution is 2.22. The first-order valence-electron chi connectivity index (χ1n) is 6.93. The topological polar surface area (TPSA) is 112 Å². The number of amides is 1. The second-order valence-electron chi connectivity index (χ2n) is 5.51. The number of aryl methyl sites for hydroxylation is 1. The van der Waals surface area contributed by atoms with E-state index in [1.165, 1.54) is 27.1 Å². The lowest BCUT2D eigenvalue weighted by Gasteiger charge is -2.13. The third-order valence-electron chi connectivity index (χ3n) is 3.68. The van der Waals surface area contributed by atoms with Crippen molar-refractivity contribution in [3.8, 4) is 0 Å². The number of carbonyl (C=O) groups excluding carboxylic acids is 1. The van der Waals surface area contributed by atoms with Gasteiger partial charge in [-0.3, -0.25) is 4.79 Å². The highest BCUT2D eigenvalue weighted by atomic mass is 35.5. The number of rotatable bonds is 5. The third-order valence-corrected chi connectivity index (χ3v) is 5.61. The van der Waals surface area contributed by atoms with Crippen molar-refractivity contribution in [1.29, 1.82) is 0 Å². The number of hydrogen-bond donors (Lipinski definition) is 3. The average Bonchev–Trinajstić information content (AvgIpc) is 3.02. The Labute approximate surface area is 141 Å². The molecule has 1 fully saturated rings. The Morgan fingerprint density at radius 2 is 2.13 bits per heavy atom. The fraction of sp³-hybridized carbons (Fsp3) is 0.615. The number of furan rings is 1. The molecule has 0 aliphatic carbocycles. The molecule has 132 valence electrons. The van der Waals surface area contributed by atoms with Gasteiger partial charge in [-0.05, 0) is 6.92 Å². The van der Waals surface area contributed by atoms with Gasteiger partial charge < -0.3 is 20.2 Å². The van der Waals surface area contributed by atoms with Gasteiger partial charge in [0.2, 0.25) is 10.0 Å². The zero-order valence-corrected chi connectivity index (χ0v) is 14.8. The molecule has 0 saturated carbocycles. The van der Waals surface area contributed by atoms with Crippen LogP contribution in [0.4, 0.5) is 0 Å². The molecule has 2 unspecified atom stereocenters. The summed E-state index contributed by atoms with van der Waals surface area (Å²) >= 11 is 0. The predicted molar refractivity (Wildman–Crippen MR) is 86.3 cm³/mol. The average molecular weight is 368 g/mol. The lowest BCUT2D eigenvalue weighted by Crippen LogP contribution is -2.34. The Bertz CT molecular complexity index is 659. The van der Waals surface area contributed by atoms with Gasteiger partial charge in [-0.1, -0.05) is 0 Å². The quantitative estimate of drug-likeness (QED) is 0.651. The maximum atomic E-state index is 12.1. The van der Waals surface area contributed by atoms with Crippen molar-refractivity contribution < 1.29 is 22.7 Å². The van der Waals surface area contributed by atoms with Crippen LogP contribution >= 0.6 is 12.4 Å². The van der Waals surface area contributed by atoms with E-state index in [-0.39, 0.29) is 34.7 Å². The van der Waals surface area contributed by atoms with E-state index in [0.717, 1.165) is 4.31 Å². The fourth-order valence-electron chi connectivity index (χ4n) is 2.27. The zero-order valence-electron chi connectivity index (χ0n) is 13.2. The predicted octanol–water partition coefficient (Wildman–Crippen LogP) is -0.430. The van der Waals surface area contributed by atoms with Crippen LogP contribution in [-0.2, 0) is 10.0 Å². The highest BCUT2D eigenvalue weighted by molar-refractivity contribution is 7.89.